The SMILES string of the molecule is C[C@H](NC(=O)[C@@H]1CCCN1C(=O)OCC1c2ccccc2-c2ccccc21)C(=O)N[C@@H](CO)C(=O)O. The monoisotopic (exact) mass is 495 g/mol. The lowest BCUT2D eigenvalue weighted by atomic mass is 9.98. The van der Waals surface area contributed by atoms with E-state index in [-0.39, 0.29) is 12.5 Å². The van der Waals surface area contributed by atoms with Gasteiger partial charge in [-0.15, -0.1) is 0 Å². The van der Waals surface area contributed by atoms with E-state index in [1.807, 2.05) is 48.5 Å². The highest BCUT2D eigenvalue weighted by Gasteiger charge is 2.37. The molecule has 1 heterocycles. The Bertz CT molecular complexity index is 1120. The Morgan fingerprint density at radius 2 is 1.64 bits per heavy atom. The summed E-state index contributed by atoms with van der Waals surface area (Å²) < 4.78 is 5.68. The Morgan fingerprint density at radius 1 is 1.03 bits per heavy atom. The molecule has 10 heteroatoms. The summed E-state index contributed by atoms with van der Waals surface area (Å²) >= 11 is 0. The van der Waals surface area contributed by atoms with Crippen molar-refractivity contribution in [2.75, 3.05) is 19.8 Å². The van der Waals surface area contributed by atoms with Crippen molar-refractivity contribution in [1.82, 2.24) is 15.5 Å². The number of carboxylic acids is 1. The standard InChI is InChI=1S/C26H29N3O7/c1-15(23(31)28-21(13-30)25(33)34)27-24(32)22-11-6-12-29(22)26(35)36-14-20-18-9-4-2-7-16(18)17-8-3-5-10-19(17)20/h2-5,7-10,15,20-22,30H,6,11-14H2,1H3,(H,27,32)(H,28,31)(H,33,34)/t15-,21-,22-/m0/s1. The van der Waals surface area contributed by atoms with Gasteiger partial charge in [-0.1, -0.05) is 48.5 Å². The molecule has 190 valence electrons. The van der Waals surface area contributed by atoms with Crippen molar-refractivity contribution in [3.05, 3.63) is 59.7 Å². The van der Waals surface area contributed by atoms with Gasteiger partial charge in [0.15, 0.2) is 0 Å². The van der Waals surface area contributed by atoms with E-state index in [1.54, 1.807) is 0 Å². The Kier molecular flexibility index (Phi) is 7.54. The predicted molar refractivity (Wildman–Crippen MR) is 129 cm³/mol. The Morgan fingerprint density at radius 3 is 2.22 bits per heavy atom. The summed E-state index contributed by atoms with van der Waals surface area (Å²) in [6, 6.07) is 12.7. The number of aliphatic carboxylic acids is 1. The van der Waals surface area contributed by atoms with Gasteiger partial charge in [0.2, 0.25) is 11.8 Å². The number of aliphatic hydroxyl groups is 1. The number of carbonyl (C=O) groups excluding carboxylic acids is 3. The van der Waals surface area contributed by atoms with Crippen molar-refractivity contribution in [3.63, 3.8) is 0 Å². The number of benzene rings is 2. The number of hydrogen-bond donors (Lipinski definition) is 4. The number of fused-ring (bicyclic) bond motifs is 3. The minimum Gasteiger partial charge on any atom is -0.480 e. The molecule has 2 aromatic rings. The highest BCUT2D eigenvalue weighted by molar-refractivity contribution is 5.93. The minimum absolute atomic E-state index is 0.103. The fourth-order valence-electron chi connectivity index (χ4n) is 4.79. The largest absolute Gasteiger partial charge is 0.480 e. The van der Waals surface area contributed by atoms with E-state index in [9.17, 15) is 19.2 Å². The fraction of sp³-hybridized carbons (Fsp3) is 0.385. The van der Waals surface area contributed by atoms with E-state index >= 15 is 0 Å². The first-order valence-electron chi connectivity index (χ1n) is 11.9. The number of amides is 3. The molecule has 0 spiro atoms. The van der Waals surface area contributed by atoms with Gasteiger partial charge in [0.25, 0.3) is 0 Å². The van der Waals surface area contributed by atoms with E-state index in [2.05, 4.69) is 10.6 Å². The molecular formula is C26H29N3O7. The molecule has 1 aliphatic heterocycles. The quantitative estimate of drug-likeness (QED) is 0.434. The van der Waals surface area contributed by atoms with Crippen LogP contribution in [-0.4, -0.2) is 76.9 Å². The lowest BCUT2D eigenvalue weighted by Gasteiger charge is -2.26. The first kappa shape index (κ1) is 25.2. The summed E-state index contributed by atoms with van der Waals surface area (Å²) in [6.45, 7) is 1.10. The summed E-state index contributed by atoms with van der Waals surface area (Å²) in [5, 5.41) is 22.7. The summed E-state index contributed by atoms with van der Waals surface area (Å²) in [7, 11) is 0. The third-order valence-corrected chi connectivity index (χ3v) is 6.68. The first-order valence-corrected chi connectivity index (χ1v) is 11.9. The second-order valence-electron chi connectivity index (χ2n) is 8.97. The Balaban J connectivity index is 1.37. The van der Waals surface area contributed by atoms with E-state index < -0.39 is 48.6 Å². The van der Waals surface area contributed by atoms with Gasteiger partial charge >= 0.3 is 12.1 Å². The Hall–Kier alpha value is -3.92. The van der Waals surface area contributed by atoms with Crippen molar-refractivity contribution in [2.45, 2.75) is 43.8 Å². The van der Waals surface area contributed by atoms with Gasteiger partial charge in [-0.25, -0.2) is 9.59 Å². The summed E-state index contributed by atoms with van der Waals surface area (Å²) in [4.78, 5) is 50.4. The molecule has 3 amide bonds. The molecule has 0 aromatic heterocycles. The van der Waals surface area contributed by atoms with Crippen molar-refractivity contribution in [2.24, 2.45) is 0 Å². The van der Waals surface area contributed by atoms with Gasteiger partial charge in [-0.3, -0.25) is 14.5 Å². The highest BCUT2D eigenvalue weighted by atomic mass is 16.6. The smallest absolute Gasteiger partial charge is 0.410 e. The van der Waals surface area contributed by atoms with Crippen LogP contribution in [0.1, 0.15) is 36.8 Å². The zero-order valence-electron chi connectivity index (χ0n) is 19.8. The number of likely N-dealkylation sites (tertiary alicyclic amines) is 1. The lowest BCUT2D eigenvalue weighted by molar-refractivity contribution is -0.143. The van der Waals surface area contributed by atoms with Crippen LogP contribution in [0.2, 0.25) is 0 Å². The van der Waals surface area contributed by atoms with Gasteiger partial charge in [-0.05, 0) is 42.0 Å². The fourth-order valence-corrected chi connectivity index (χ4v) is 4.79. The molecule has 0 saturated carbocycles. The van der Waals surface area contributed by atoms with Gasteiger partial charge in [0.05, 0.1) is 6.61 Å². The summed E-state index contributed by atoms with van der Waals surface area (Å²) in [5.74, 6) is -2.77. The maximum absolute atomic E-state index is 13.0. The molecule has 1 aliphatic carbocycles. The molecule has 0 radical (unpaired) electrons. The zero-order valence-corrected chi connectivity index (χ0v) is 19.8. The molecule has 1 saturated heterocycles. The minimum atomic E-state index is -1.47. The van der Waals surface area contributed by atoms with E-state index in [0.29, 0.717) is 19.4 Å². The first-order chi connectivity index (χ1) is 17.3. The third kappa shape index (κ3) is 5.03. The molecule has 2 aliphatic rings. The van der Waals surface area contributed by atoms with Crippen LogP contribution in [-0.2, 0) is 19.1 Å². The van der Waals surface area contributed by atoms with Crippen LogP contribution in [0.5, 0.6) is 0 Å². The van der Waals surface area contributed by atoms with Crippen molar-refractivity contribution < 1.29 is 34.1 Å². The predicted octanol–water partition coefficient (Wildman–Crippen LogP) is 1.47. The molecule has 0 unspecified atom stereocenters. The molecule has 10 nitrogen and oxygen atoms in total. The Labute approximate surface area is 208 Å². The summed E-state index contributed by atoms with van der Waals surface area (Å²) in [6.07, 6.45) is 0.422. The van der Waals surface area contributed by atoms with Crippen molar-refractivity contribution in [3.8, 4) is 11.1 Å². The van der Waals surface area contributed by atoms with Crippen LogP contribution < -0.4 is 10.6 Å². The number of rotatable bonds is 8. The average molecular weight is 496 g/mol. The van der Waals surface area contributed by atoms with E-state index in [0.717, 1.165) is 22.3 Å². The van der Waals surface area contributed by atoms with Crippen LogP contribution in [0.4, 0.5) is 4.79 Å². The second kappa shape index (κ2) is 10.8. The zero-order chi connectivity index (χ0) is 25.8. The molecule has 4 rings (SSSR count). The summed E-state index contributed by atoms with van der Waals surface area (Å²) in [5.41, 5.74) is 4.41. The number of aliphatic hydroxyl groups excluding tert-OH is 1. The van der Waals surface area contributed by atoms with Crippen LogP contribution >= 0.6 is 0 Å². The van der Waals surface area contributed by atoms with Gasteiger partial charge in [-0.2, -0.15) is 0 Å². The molecule has 3 atom stereocenters. The van der Waals surface area contributed by atoms with Gasteiger partial charge in [0.1, 0.15) is 24.7 Å². The van der Waals surface area contributed by atoms with E-state index in [1.165, 1.54) is 11.8 Å². The second-order valence-corrected chi connectivity index (χ2v) is 8.97. The highest BCUT2D eigenvalue weighted by Crippen LogP contribution is 2.44. The molecule has 1 fully saturated rings. The number of nitrogens with one attached hydrogen (secondary N) is 2. The number of hydrogen-bond acceptors (Lipinski definition) is 6. The molecule has 0 bridgehead atoms. The van der Waals surface area contributed by atoms with E-state index in [4.69, 9.17) is 14.9 Å². The number of ether oxygens (including phenoxy) is 1. The molecule has 36 heavy (non-hydrogen) atoms. The van der Waals surface area contributed by atoms with Crippen LogP contribution in [0.15, 0.2) is 48.5 Å². The maximum atomic E-state index is 13.0. The molecule has 2 aromatic carbocycles. The molecular weight excluding hydrogens is 466 g/mol. The maximum Gasteiger partial charge on any atom is 0.410 e. The third-order valence-electron chi connectivity index (χ3n) is 6.68. The number of carboxylic acid groups (broad SMARTS) is 1. The normalized spacial score (nSPS) is 18.1. The van der Waals surface area contributed by atoms with Crippen LogP contribution in [0, 0.1) is 0 Å². The van der Waals surface area contributed by atoms with Gasteiger partial charge < -0.3 is 25.6 Å². The van der Waals surface area contributed by atoms with Crippen molar-refractivity contribution in [1.29, 1.82) is 0 Å². The van der Waals surface area contributed by atoms with Crippen molar-refractivity contribution >= 4 is 23.9 Å². The van der Waals surface area contributed by atoms with Gasteiger partial charge in [0, 0.05) is 12.5 Å². The topological polar surface area (TPSA) is 145 Å². The average Bonchev–Trinajstić information content (AvgIpc) is 3.49. The number of nitrogens with zero attached hydrogens (tertiary/aromatic N) is 1. The lowest BCUT2D eigenvalue weighted by Crippen LogP contribution is -2.54. The van der Waals surface area contributed by atoms with Crippen LogP contribution in [0.25, 0.3) is 11.1 Å². The van der Waals surface area contributed by atoms with Crippen LogP contribution in [0.3, 0.4) is 0 Å². The molecule has 4 N–H and O–H groups in total. The number of carbonyl (C=O) groups is 4.